The molecule has 1 aliphatic heterocycles. The van der Waals surface area contributed by atoms with E-state index >= 15 is 0 Å². The normalized spacial score (nSPS) is 16.4. The van der Waals surface area contributed by atoms with Crippen molar-refractivity contribution in [1.29, 1.82) is 0 Å². The number of aromatic nitrogens is 2. The minimum Gasteiger partial charge on any atom is -0.381 e. The van der Waals surface area contributed by atoms with E-state index in [0.717, 1.165) is 50.5 Å². The van der Waals surface area contributed by atoms with Crippen molar-refractivity contribution in [2.24, 2.45) is 5.92 Å². The average molecular weight is 356 g/mol. The summed E-state index contributed by atoms with van der Waals surface area (Å²) < 4.78 is 7.75. The third kappa shape index (κ3) is 4.31. The molecule has 0 spiro atoms. The number of hydrogen-bond acceptors (Lipinski definition) is 4. The predicted octanol–water partition coefficient (Wildman–Crippen LogP) is 2.52. The molecule has 2 heterocycles. The smallest absolute Gasteiger partial charge is 0.251 e. The first-order valence-electron chi connectivity index (χ1n) is 9.36. The summed E-state index contributed by atoms with van der Waals surface area (Å²) in [6, 6.07) is 7.95. The molecule has 1 amide bonds. The standard InChI is InChI=1S/C20H28N4O2/c1-3-24-11-10-22-19(24)18(16-8-12-26-13-9-16)23-14-15-4-6-17(7-5-15)20(25)21-2/h4-7,10-11,16,18,23H,3,8-9,12-14H2,1-2H3,(H,21,25)/t18-/m0/s1. The van der Waals surface area contributed by atoms with E-state index in [1.807, 2.05) is 36.7 Å². The van der Waals surface area contributed by atoms with Crippen molar-refractivity contribution >= 4 is 5.91 Å². The third-order valence-electron chi connectivity index (χ3n) is 5.07. The van der Waals surface area contributed by atoms with E-state index in [4.69, 9.17) is 4.74 Å². The van der Waals surface area contributed by atoms with Crippen LogP contribution in [0, 0.1) is 5.92 Å². The first-order valence-corrected chi connectivity index (χ1v) is 9.36. The lowest BCUT2D eigenvalue weighted by Crippen LogP contribution is -2.34. The van der Waals surface area contributed by atoms with Crippen molar-refractivity contribution < 1.29 is 9.53 Å². The van der Waals surface area contributed by atoms with Crippen LogP contribution in [-0.4, -0.2) is 35.7 Å². The lowest BCUT2D eigenvalue weighted by molar-refractivity contribution is 0.0517. The van der Waals surface area contributed by atoms with Gasteiger partial charge in [0.15, 0.2) is 0 Å². The maximum atomic E-state index is 11.7. The number of rotatable bonds is 7. The Bertz CT molecular complexity index is 705. The zero-order chi connectivity index (χ0) is 18.4. The molecule has 3 rings (SSSR count). The minimum atomic E-state index is -0.0606. The van der Waals surface area contributed by atoms with Gasteiger partial charge in [-0.3, -0.25) is 4.79 Å². The highest BCUT2D eigenvalue weighted by molar-refractivity contribution is 5.93. The van der Waals surface area contributed by atoms with Crippen molar-refractivity contribution in [3.05, 3.63) is 53.6 Å². The van der Waals surface area contributed by atoms with Crippen LogP contribution in [0.15, 0.2) is 36.7 Å². The molecular formula is C20H28N4O2. The van der Waals surface area contributed by atoms with Crippen LogP contribution in [0.5, 0.6) is 0 Å². The molecule has 1 aliphatic rings. The number of amides is 1. The molecule has 140 valence electrons. The number of benzene rings is 1. The average Bonchev–Trinajstić information content (AvgIpc) is 3.17. The first-order chi connectivity index (χ1) is 12.7. The van der Waals surface area contributed by atoms with Gasteiger partial charge in [-0.05, 0) is 43.4 Å². The molecule has 1 atom stereocenters. The molecule has 1 fully saturated rings. The van der Waals surface area contributed by atoms with Crippen LogP contribution >= 0.6 is 0 Å². The Morgan fingerprint density at radius 3 is 2.69 bits per heavy atom. The van der Waals surface area contributed by atoms with Gasteiger partial charge in [0.05, 0.1) is 6.04 Å². The maximum Gasteiger partial charge on any atom is 0.251 e. The molecule has 0 bridgehead atoms. The molecule has 0 saturated carbocycles. The number of nitrogens with one attached hydrogen (secondary N) is 2. The number of carbonyl (C=O) groups is 1. The summed E-state index contributed by atoms with van der Waals surface area (Å²) in [7, 11) is 1.64. The van der Waals surface area contributed by atoms with Crippen LogP contribution in [0.1, 0.15) is 47.6 Å². The monoisotopic (exact) mass is 356 g/mol. The van der Waals surface area contributed by atoms with Crippen molar-refractivity contribution in [2.45, 2.75) is 38.9 Å². The number of hydrogen-bond donors (Lipinski definition) is 2. The van der Waals surface area contributed by atoms with E-state index in [-0.39, 0.29) is 11.9 Å². The van der Waals surface area contributed by atoms with E-state index in [2.05, 4.69) is 27.1 Å². The Kier molecular flexibility index (Phi) is 6.41. The molecule has 6 nitrogen and oxygen atoms in total. The fraction of sp³-hybridized carbons (Fsp3) is 0.500. The fourth-order valence-corrected chi connectivity index (χ4v) is 3.53. The van der Waals surface area contributed by atoms with E-state index in [1.54, 1.807) is 7.05 Å². The largest absolute Gasteiger partial charge is 0.381 e. The first kappa shape index (κ1) is 18.6. The summed E-state index contributed by atoms with van der Waals surface area (Å²) >= 11 is 0. The summed E-state index contributed by atoms with van der Waals surface area (Å²) in [6.45, 7) is 5.43. The minimum absolute atomic E-state index is 0.0606. The number of imidazole rings is 1. The second kappa shape index (κ2) is 8.96. The lowest BCUT2D eigenvalue weighted by atomic mass is 9.90. The van der Waals surface area contributed by atoms with Gasteiger partial charge in [-0.2, -0.15) is 0 Å². The van der Waals surface area contributed by atoms with Gasteiger partial charge >= 0.3 is 0 Å². The summed E-state index contributed by atoms with van der Waals surface area (Å²) in [5, 5.41) is 6.35. The quantitative estimate of drug-likeness (QED) is 0.800. The van der Waals surface area contributed by atoms with E-state index in [0.29, 0.717) is 11.5 Å². The van der Waals surface area contributed by atoms with Crippen LogP contribution in [0.2, 0.25) is 0 Å². The van der Waals surface area contributed by atoms with Crippen LogP contribution in [0.4, 0.5) is 0 Å². The number of carbonyl (C=O) groups excluding carboxylic acids is 1. The zero-order valence-corrected chi connectivity index (χ0v) is 15.6. The van der Waals surface area contributed by atoms with Crippen molar-refractivity contribution in [3.63, 3.8) is 0 Å². The topological polar surface area (TPSA) is 68.2 Å². The highest BCUT2D eigenvalue weighted by Crippen LogP contribution is 2.29. The molecule has 1 aromatic carbocycles. The SMILES string of the molecule is CCn1ccnc1[C@@H](NCc1ccc(C(=O)NC)cc1)C1CCOCC1. The number of nitrogens with zero attached hydrogens (tertiary/aromatic N) is 2. The van der Waals surface area contributed by atoms with E-state index < -0.39 is 0 Å². The van der Waals surface area contributed by atoms with E-state index in [9.17, 15) is 4.79 Å². The summed E-state index contributed by atoms with van der Waals surface area (Å²) in [6.07, 6.45) is 6.01. The summed E-state index contributed by atoms with van der Waals surface area (Å²) in [5.74, 6) is 1.55. The molecule has 26 heavy (non-hydrogen) atoms. The van der Waals surface area contributed by atoms with Gasteiger partial charge in [-0.25, -0.2) is 4.98 Å². The molecule has 1 saturated heterocycles. The Balaban J connectivity index is 1.72. The molecule has 1 aromatic heterocycles. The maximum absolute atomic E-state index is 11.7. The Morgan fingerprint density at radius 1 is 1.31 bits per heavy atom. The second-order valence-electron chi connectivity index (χ2n) is 6.66. The van der Waals surface area contributed by atoms with Crippen LogP contribution in [0.25, 0.3) is 0 Å². The van der Waals surface area contributed by atoms with Crippen LogP contribution in [0.3, 0.4) is 0 Å². The van der Waals surface area contributed by atoms with Crippen LogP contribution < -0.4 is 10.6 Å². The molecule has 6 heteroatoms. The van der Waals surface area contributed by atoms with Crippen molar-refractivity contribution in [1.82, 2.24) is 20.2 Å². The molecule has 2 aromatic rings. The summed E-state index contributed by atoms with van der Waals surface area (Å²) in [5.41, 5.74) is 1.84. The molecule has 0 aliphatic carbocycles. The predicted molar refractivity (Wildman–Crippen MR) is 101 cm³/mol. The van der Waals surface area contributed by atoms with Crippen molar-refractivity contribution in [2.75, 3.05) is 20.3 Å². The molecule has 0 unspecified atom stereocenters. The highest BCUT2D eigenvalue weighted by Gasteiger charge is 2.28. The van der Waals surface area contributed by atoms with Gasteiger partial charge in [0.25, 0.3) is 5.91 Å². The Hall–Kier alpha value is -2.18. The number of aryl methyl sites for hydroxylation is 1. The van der Waals surface area contributed by atoms with Gasteiger partial charge in [0, 0.05) is 51.3 Å². The van der Waals surface area contributed by atoms with E-state index in [1.165, 1.54) is 0 Å². The van der Waals surface area contributed by atoms with Gasteiger partial charge in [-0.15, -0.1) is 0 Å². The number of ether oxygens (including phenoxy) is 1. The highest BCUT2D eigenvalue weighted by atomic mass is 16.5. The Labute approximate surface area is 155 Å². The van der Waals surface area contributed by atoms with Gasteiger partial charge in [-0.1, -0.05) is 12.1 Å². The van der Waals surface area contributed by atoms with Gasteiger partial charge in [0.2, 0.25) is 0 Å². The second-order valence-corrected chi connectivity index (χ2v) is 6.66. The van der Waals surface area contributed by atoms with Crippen molar-refractivity contribution in [3.8, 4) is 0 Å². The molecular weight excluding hydrogens is 328 g/mol. The fourth-order valence-electron chi connectivity index (χ4n) is 3.53. The molecule has 0 radical (unpaired) electrons. The zero-order valence-electron chi connectivity index (χ0n) is 15.6. The summed E-state index contributed by atoms with van der Waals surface area (Å²) in [4.78, 5) is 16.3. The van der Waals surface area contributed by atoms with Gasteiger partial charge < -0.3 is 19.9 Å². The molecule has 2 N–H and O–H groups in total. The lowest BCUT2D eigenvalue weighted by Gasteiger charge is -2.31. The Morgan fingerprint density at radius 2 is 2.04 bits per heavy atom. The van der Waals surface area contributed by atoms with Crippen LogP contribution in [-0.2, 0) is 17.8 Å². The van der Waals surface area contributed by atoms with Gasteiger partial charge in [0.1, 0.15) is 5.82 Å². The third-order valence-corrected chi connectivity index (χ3v) is 5.07.